The van der Waals surface area contributed by atoms with Gasteiger partial charge in [0.15, 0.2) is 0 Å². The van der Waals surface area contributed by atoms with Crippen LogP contribution in [0.15, 0.2) is 0 Å². The summed E-state index contributed by atoms with van der Waals surface area (Å²) in [6.07, 6.45) is 4.07. The van der Waals surface area contributed by atoms with Crippen molar-refractivity contribution in [3.63, 3.8) is 0 Å². The van der Waals surface area contributed by atoms with Gasteiger partial charge in [-0.2, -0.15) is 0 Å². The lowest BCUT2D eigenvalue weighted by atomic mass is 10.2. The molecule has 1 saturated carbocycles. The average Bonchev–Trinajstić information content (AvgIpc) is 3.06. The zero-order valence-electron chi connectivity index (χ0n) is 9.87. The second kappa shape index (κ2) is 5.83. The molecule has 1 saturated heterocycles. The molecule has 0 aromatic heterocycles. The SMILES string of the molecule is CC(NCCN1CCCOCC1)C1CC1. The Kier molecular flexibility index (Phi) is 4.42. The first-order chi connectivity index (χ1) is 7.36. The van der Waals surface area contributed by atoms with Crippen LogP contribution in [0.4, 0.5) is 0 Å². The van der Waals surface area contributed by atoms with Crippen LogP contribution in [0.25, 0.3) is 0 Å². The van der Waals surface area contributed by atoms with Gasteiger partial charge in [-0.15, -0.1) is 0 Å². The molecule has 1 aliphatic carbocycles. The molecule has 1 heterocycles. The largest absolute Gasteiger partial charge is 0.380 e. The van der Waals surface area contributed by atoms with E-state index in [1.807, 2.05) is 0 Å². The second-order valence-electron chi connectivity index (χ2n) is 4.89. The molecule has 1 unspecified atom stereocenters. The minimum Gasteiger partial charge on any atom is -0.380 e. The normalized spacial score (nSPS) is 26.2. The minimum absolute atomic E-state index is 0.730. The standard InChI is InChI=1S/C12H24N2O/c1-11(12-3-4-12)13-5-7-14-6-2-9-15-10-8-14/h11-13H,2-10H2,1H3. The molecular formula is C12H24N2O. The topological polar surface area (TPSA) is 24.5 Å². The molecule has 0 amide bonds. The first kappa shape index (κ1) is 11.4. The lowest BCUT2D eigenvalue weighted by Gasteiger charge is -2.21. The summed E-state index contributed by atoms with van der Waals surface area (Å²) in [7, 11) is 0. The van der Waals surface area contributed by atoms with Crippen LogP contribution in [0, 0.1) is 5.92 Å². The van der Waals surface area contributed by atoms with E-state index in [-0.39, 0.29) is 0 Å². The fourth-order valence-corrected chi connectivity index (χ4v) is 2.23. The Bertz CT molecular complexity index is 174. The molecule has 2 aliphatic rings. The van der Waals surface area contributed by atoms with E-state index in [9.17, 15) is 0 Å². The first-order valence-electron chi connectivity index (χ1n) is 6.40. The molecule has 15 heavy (non-hydrogen) atoms. The third-order valence-electron chi connectivity index (χ3n) is 3.54. The van der Waals surface area contributed by atoms with E-state index in [1.54, 1.807) is 0 Å². The summed E-state index contributed by atoms with van der Waals surface area (Å²) in [5, 5.41) is 3.63. The number of nitrogens with zero attached hydrogens (tertiary/aromatic N) is 1. The second-order valence-corrected chi connectivity index (χ2v) is 4.89. The molecule has 0 spiro atoms. The van der Waals surface area contributed by atoms with Crippen LogP contribution >= 0.6 is 0 Å². The van der Waals surface area contributed by atoms with E-state index in [0.717, 1.165) is 38.3 Å². The molecule has 0 radical (unpaired) electrons. The molecule has 0 bridgehead atoms. The van der Waals surface area contributed by atoms with Crippen LogP contribution in [0.5, 0.6) is 0 Å². The van der Waals surface area contributed by atoms with Gasteiger partial charge in [0.25, 0.3) is 0 Å². The monoisotopic (exact) mass is 212 g/mol. The fourth-order valence-electron chi connectivity index (χ4n) is 2.23. The van der Waals surface area contributed by atoms with Crippen molar-refractivity contribution in [2.45, 2.75) is 32.2 Å². The van der Waals surface area contributed by atoms with Crippen LogP contribution in [0.3, 0.4) is 0 Å². The zero-order chi connectivity index (χ0) is 10.5. The highest BCUT2D eigenvalue weighted by molar-refractivity contribution is 4.83. The summed E-state index contributed by atoms with van der Waals surface area (Å²) in [5.74, 6) is 0.970. The molecule has 0 aromatic carbocycles. The number of nitrogens with one attached hydrogen (secondary N) is 1. The van der Waals surface area contributed by atoms with Crippen molar-refractivity contribution in [3.8, 4) is 0 Å². The third-order valence-corrected chi connectivity index (χ3v) is 3.54. The predicted molar refractivity (Wildman–Crippen MR) is 62.1 cm³/mol. The Morgan fingerprint density at radius 2 is 2.20 bits per heavy atom. The lowest BCUT2D eigenvalue weighted by molar-refractivity contribution is 0.141. The van der Waals surface area contributed by atoms with Crippen LogP contribution in [0.2, 0.25) is 0 Å². The summed E-state index contributed by atoms with van der Waals surface area (Å²) >= 11 is 0. The van der Waals surface area contributed by atoms with Crippen molar-refractivity contribution in [2.24, 2.45) is 5.92 Å². The highest BCUT2D eigenvalue weighted by atomic mass is 16.5. The molecular weight excluding hydrogens is 188 g/mol. The van der Waals surface area contributed by atoms with Gasteiger partial charge in [-0.25, -0.2) is 0 Å². The number of ether oxygens (including phenoxy) is 1. The molecule has 1 N–H and O–H groups in total. The van der Waals surface area contributed by atoms with Crippen LogP contribution in [0.1, 0.15) is 26.2 Å². The number of hydrogen-bond acceptors (Lipinski definition) is 3. The molecule has 2 rings (SSSR count). The van der Waals surface area contributed by atoms with E-state index in [2.05, 4.69) is 17.1 Å². The smallest absolute Gasteiger partial charge is 0.0593 e. The van der Waals surface area contributed by atoms with Crippen molar-refractivity contribution in [2.75, 3.05) is 39.4 Å². The van der Waals surface area contributed by atoms with Crippen LogP contribution in [-0.4, -0.2) is 50.3 Å². The minimum atomic E-state index is 0.730. The maximum atomic E-state index is 5.44. The Labute approximate surface area is 93.2 Å². The van der Waals surface area contributed by atoms with Gasteiger partial charge in [-0.3, -0.25) is 4.90 Å². The Balaban J connectivity index is 1.55. The van der Waals surface area contributed by atoms with E-state index in [4.69, 9.17) is 4.74 Å². The average molecular weight is 212 g/mol. The maximum Gasteiger partial charge on any atom is 0.0593 e. The number of rotatable bonds is 5. The van der Waals surface area contributed by atoms with E-state index >= 15 is 0 Å². The third kappa shape index (κ3) is 4.09. The van der Waals surface area contributed by atoms with Gasteiger partial charge < -0.3 is 10.1 Å². The van der Waals surface area contributed by atoms with Gasteiger partial charge in [-0.1, -0.05) is 0 Å². The Morgan fingerprint density at radius 1 is 1.33 bits per heavy atom. The predicted octanol–water partition coefficient (Wildman–Crippen LogP) is 1.10. The summed E-state index contributed by atoms with van der Waals surface area (Å²) in [6, 6.07) is 0.730. The summed E-state index contributed by atoms with van der Waals surface area (Å²) in [6.45, 7) is 8.82. The van der Waals surface area contributed by atoms with Gasteiger partial charge in [0.2, 0.25) is 0 Å². The van der Waals surface area contributed by atoms with Crippen LogP contribution in [-0.2, 0) is 4.74 Å². The van der Waals surface area contributed by atoms with Gasteiger partial charge >= 0.3 is 0 Å². The number of hydrogen-bond donors (Lipinski definition) is 1. The highest BCUT2D eigenvalue weighted by Gasteiger charge is 2.27. The van der Waals surface area contributed by atoms with Gasteiger partial charge in [0.1, 0.15) is 0 Å². The summed E-state index contributed by atoms with van der Waals surface area (Å²) in [4.78, 5) is 2.51. The molecule has 1 aliphatic heterocycles. The summed E-state index contributed by atoms with van der Waals surface area (Å²) < 4.78 is 5.44. The zero-order valence-corrected chi connectivity index (χ0v) is 9.87. The molecule has 88 valence electrons. The molecule has 1 atom stereocenters. The lowest BCUT2D eigenvalue weighted by Crippen LogP contribution is -2.37. The van der Waals surface area contributed by atoms with E-state index in [1.165, 1.54) is 32.4 Å². The molecule has 3 heteroatoms. The maximum absolute atomic E-state index is 5.44. The van der Waals surface area contributed by atoms with Gasteiger partial charge in [0.05, 0.1) is 6.61 Å². The molecule has 3 nitrogen and oxygen atoms in total. The van der Waals surface area contributed by atoms with Crippen molar-refractivity contribution in [3.05, 3.63) is 0 Å². The van der Waals surface area contributed by atoms with E-state index in [0.29, 0.717) is 0 Å². The van der Waals surface area contributed by atoms with Crippen LogP contribution < -0.4 is 5.32 Å². The van der Waals surface area contributed by atoms with Crippen molar-refractivity contribution in [1.29, 1.82) is 0 Å². The quantitative estimate of drug-likeness (QED) is 0.738. The Morgan fingerprint density at radius 3 is 3.00 bits per heavy atom. The van der Waals surface area contributed by atoms with Gasteiger partial charge in [0, 0.05) is 38.8 Å². The van der Waals surface area contributed by atoms with Gasteiger partial charge in [-0.05, 0) is 32.1 Å². The molecule has 0 aromatic rings. The molecule has 2 fully saturated rings. The van der Waals surface area contributed by atoms with E-state index < -0.39 is 0 Å². The first-order valence-corrected chi connectivity index (χ1v) is 6.40. The van der Waals surface area contributed by atoms with Crippen molar-refractivity contribution in [1.82, 2.24) is 10.2 Å². The van der Waals surface area contributed by atoms with Crippen molar-refractivity contribution >= 4 is 0 Å². The Hall–Kier alpha value is -0.120. The van der Waals surface area contributed by atoms with Crippen molar-refractivity contribution < 1.29 is 4.74 Å². The summed E-state index contributed by atoms with van der Waals surface area (Å²) in [5.41, 5.74) is 0. The fraction of sp³-hybridized carbons (Fsp3) is 1.00. The highest BCUT2D eigenvalue weighted by Crippen LogP contribution is 2.32.